The van der Waals surface area contributed by atoms with E-state index in [2.05, 4.69) is 27.7 Å². The van der Waals surface area contributed by atoms with E-state index in [0.717, 1.165) is 0 Å². The fraction of sp³-hybridized carbons (Fsp3) is 1.00. The van der Waals surface area contributed by atoms with E-state index < -0.39 is 17.7 Å². The van der Waals surface area contributed by atoms with Gasteiger partial charge in [-0.05, 0) is 27.7 Å². The Morgan fingerprint density at radius 2 is 1.07 bits per heavy atom. The van der Waals surface area contributed by atoms with Crippen LogP contribution < -0.4 is 0 Å². The molecule has 0 aliphatic heterocycles. The van der Waals surface area contributed by atoms with Gasteiger partial charge in [-0.2, -0.15) is 0 Å². The van der Waals surface area contributed by atoms with Crippen LogP contribution in [0, 0.1) is 0 Å². The van der Waals surface area contributed by atoms with Crippen molar-refractivity contribution in [3.8, 4) is 0 Å². The molecule has 0 aromatic rings. The molecule has 0 radical (unpaired) electrons. The Bertz CT molecular complexity index is 201. The molecule has 0 amide bonds. The second kappa shape index (κ2) is 7.57. The first-order valence-corrected chi connectivity index (χ1v) is 8.62. The van der Waals surface area contributed by atoms with Crippen LogP contribution in [-0.4, -0.2) is 42.2 Å². The van der Waals surface area contributed by atoms with Crippen LogP contribution in [0.15, 0.2) is 0 Å². The second-order valence-electron chi connectivity index (χ2n) is 3.01. The summed E-state index contributed by atoms with van der Waals surface area (Å²) in [6.07, 6.45) is 5.82. The van der Waals surface area contributed by atoms with Gasteiger partial charge in [-0.1, -0.05) is 0 Å². The highest BCUT2D eigenvalue weighted by Crippen LogP contribution is 2.57. The van der Waals surface area contributed by atoms with Crippen LogP contribution in [0.4, 0.5) is 0 Å². The fourth-order valence-corrected chi connectivity index (χ4v) is 4.02. The lowest BCUT2D eigenvalue weighted by Gasteiger charge is -2.20. The maximum atomic E-state index is 8.52. The molecule has 0 spiro atoms. The van der Waals surface area contributed by atoms with E-state index in [1.807, 2.05) is 0 Å². The molecule has 14 heavy (non-hydrogen) atoms. The summed E-state index contributed by atoms with van der Waals surface area (Å²) in [6.45, 7) is 9.41. The summed E-state index contributed by atoms with van der Waals surface area (Å²) in [7, 11) is -5.59. The molecule has 0 bridgehead atoms. The number of hydrogen-bond acceptors (Lipinski definition) is 4. The maximum Gasteiger partial charge on any atom is 1.00 e. The van der Waals surface area contributed by atoms with Gasteiger partial charge in [0.2, 0.25) is 0 Å². The average molecular weight is 244 g/mol. The van der Waals surface area contributed by atoms with Crippen LogP contribution in [0.1, 0.15) is 29.1 Å². The van der Waals surface area contributed by atoms with Crippen molar-refractivity contribution >= 4 is 17.7 Å². The average Bonchev–Trinajstić information content (AvgIpc) is 2.07. The minimum absolute atomic E-state index is 0. The van der Waals surface area contributed by atoms with E-state index in [0.29, 0.717) is 0 Å². The second-order valence-corrected chi connectivity index (χ2v) is 9.04. The summed E-state index contributed by atoms with van der Waals surface area (Å²) in [5.41, 5.74) is 0. The van der Waals surface area contributed by atoms with E-state index in [1.165, 1.54) is 24.6 Å². The summed E-state index contributed by atoms with van der Waals surface area (Å²) in [6, 6.07) is 0. The third-order valence-corrected chi connectivity index (χ3v) is 8.05. The van der Waals surface area contributed by atoms with Gasteiger partial charge in [0.25, 0.3) is 0 Å². The highest BCUT2D eigenvalue weighted by molar-refractivity contribution is 7.79. The van der Waals surface area contributed by atoms with Crippen LogP contribution in [0.5, 0.6) is 0 Å². The van der Waals surface area contributed by atoms with Crippen molar-refractivity contribution in [3.63, 3.8) is 0 Å². The molecule has 0 saturated carbocycles. The van der Waals surface area contributed by atoms with Crippen LogP contribution in [0.25, 0.3) is 0 Å². The normalized spacial score (nSPS) is 11.9. The molecule has 0 rings (SSSR count). The van der Waals surface area contributed by atoms with Gasteiger partial charge in [0.05, 0.1) is 24.6 Å². The molecular formula is C8H21O4PS. The summed E-state index contributed by atoms with van der Waals surface area (Å²) in [5.74, 6) is 0. The molecule has 0 fully saturated rings. The molecule has 0 heterocycles. The molecular weight excluding hydrogens is 223 g/mol. The molecule has 0 aliphatic rings. The largest absolute Gasteiger partial charge is 1.00 e. The summed E-state index contributed by atoms with van der Waals surface area (Å²) in [4.78, 5) is 0. The van der Waals surface area contributed by atoms with Gasteiger partial charge < -0.3 is 9.11 Å². The Morgan fingerprint density at radius 1 is 0.929 bits per heavy atom. The van der Waals surface area contributed by atoms with Gasteiger partial charge in [0, 0.05) is 17.7 Å². The summed E-state index contributed by atoms with van der Waals surface area (Å²) >= 11 is 0. The maximum absolute atomic E-state index is 8.52. The Balaban J connectivity index is -0.000000208. The quantitative estimate of drug-likeness (QED) is 0.429. The van der Waals surface area contributed by atoms with E-state index in [4.69, 9.17) is 17.5 Å². The lowest BCUT2D eigenvalue weighted by Crippen LogP contribution is -2.04. The number of rotatable bonds is 4. The predicted octanol–water partition coefficient (Wildman–Crippen LogP) is 1.86. The molecule has 88 valence electrons. The third kappa shape index (κ3) is 10.4. The minimum atomic E-state index is -5.17. The first-order valence-electron chi connectivity index (χ1n) is 4.76. The molecule has 0 aromatic heterocycles. The van der Waals surface area contributed by atoms with Crippen molar-refractivity contribution in [1.82, 2.24) is 0 Å². The summed E-state index contributed by atoms with van der Waals surface area (Å²) in [5, 5.41) is 0. The van der Waals surface area contributed by atoms with Crippen molar-refractivity contribution < 1.29 is 18.9 Å². The Labute approximate surface area is 89.5 Å². The van der Waals surface area contributed by atoms with E-state index in [9.17, 15) is 0 Å². The van der Waals surface area contributed by atoms with Crippen LogP contribution in [-0.2, 0) is 10.4 Å². The van der Waals surface area contributed by atoms with Crippen LogP contribution in [0.2, 0.25) is 0 Å². The molecule has 0 unspecified atom stereocenters. The highest BCUT2D eigenvalue weighted by atomic mass is 32.3. The van der Waals surface area contributed by atoms with Crippen molar-refractivity contribution in [2.24, 2.45) is 0 Å². The zero-order valence-electron chi connectivity index (χ0n) is 10.3. The molecule has 0 aromatic carbocycles. The van der Waals surface area contributed by atoms with Crippen molar-refractivity contribution in [2.45, 2.75) is 27.7 Å². The standard InChI is InChI=1S/C8H20P.H2O4S/c1-5-9(6-2,7-3)8-4;1-5(2,3)4/h5-8H2,1-4H3;(H2,1,2,3,4)/q+1;/p-1. The first kappa shape index (κ1) is 16.7. The highest BCUT2D eigenvalue weighted by Gasteiger charge is 2.27. The van der Waals surface area contributed by atoms with Crippen LogP contribution >= 0.6 is 7.26 Å². The Morgan fingerprint density at radius 3 is 1.07 bits per heavy atom. The summed E-state index contributed by atoms with van der Waals surface area (Å²) < 4.78 is 34.1. The molecule has 6 heteroatoms. The van der Waals surface area contributed by atoms with Gasteiger partial charge in [-0.25, -0.2) is 0 Å². The number of hydrogen-bond donors (Lipinski definition) is 0. The van der Waals surface area contributed by atoms with Gasteiger partial charge in [0.1, 0.15) is 0 Å². The van der Waals surface area contributed by atoms with Gasteiger partial charge in [-0.15, -0.1) is 0 Å². The SMILES string of the molecule is CC[P+](CC)(CC)CC.O=S(=O)([O-])[O-].[H+]. The molecule has 0 N–H and O–H groups in total. The first-order chi connectivity index (χ1) is 6.24. The van der Waals surface area contributed by atoms with Crippen molar-refractivity contribution in [1.29, 1.82) is 0 Å². The third-order valence-electron chi connectivity index (χ3n) is 2.68. The lowest BCUT2D eigenvalue weighted by molar-refractivity contribution is 0.352. The van der Waals surface area contributed by atoms with E-state index in [1.54, 1.807) is 0 Å². The minimum Gasteiger partial charge on any atom is -0.759 e. The van der Waals surface area contributed by atoms with Gasteiger partial charge >= 0.3 is 1.43 Å². The predicted molar refractivity (Wildman–Crippen MR) is 60.7 cm³/mol. The molecule has 0 saturated heterocycles. The monoisotopic (exact) mass is 244 g/mol. The van der Waals surface area contributed by atoms with Crippen molar-refractivity contribution in [3.05, 3.63) is 0 Å². The lowest BCUT2D eigenvalue weighted by atomic mass is 10.9. The van der Waals surface area contributed by atoms with Gasteiger partial charge in [0.15, 0.2) is 0 Å². The van der Waals surface area contributed by atoms with Crippen molar-refractivity contribution in [2.75, 3.05) is 24.6 Å². The fourth-order valence-electron chi connectivity index (χ4n) is 1.34. The van der Waals surface area contributed by atoms with E-state index >= 15 is 0 Å². The van der Waals surface area contributed by atoms with E-state index in [-0.39, 0.29) is 1.43 Å². The smallest absolute Gasteiger partial charge is 0.759 e. The van der Waals surface area contributed by atoms with Gasteiger partial charge in [-0.3, -0.25) is 8.42 Å². The van der Waals surface area contributed by atoms with Crippen LogP contribution in [0.3, 0.4) is 0 Å². The Kier molecular flexibility index (Phi) is 9.04. The molecule has 0 aliphatic carbocycles. The molecule has 4 nitrogen and oxygen atoms in total. The Hall–Kier alpha value is 0.300. The molecule has 0 atom stereocenters. The topological polar surface area (TPSA) is 80.3 Å². The zero-order chi connectivity index (χ0) is 11.8. The zero-order valence-corrected chi connectivity index (χ0v) is 11.0.